The van der Waals surface area contributed by atoms with E-state index in [4.69, 9.17) is 0 Å². The van der Waals surface area contributed by atoms with Crippen LogP contribution in [0.1, 0.15) is 29.3 Å². The van der Waals surface area contributed by atoms with Crippen molar-refractivity contribution in [2.45, 2.75) is 24.5 Å². The molecule has 0 unspecified atom stereocenters. The summed E-state index contributed by atoms with van der Waals surface area (Å²) < 4.78 is 13.4. The van der Waals surface area contributed by atoms with E-state index >= 15 is 0 Å². The van der Waals surface area contributed by atoms with Crippen molar-refractivity contribution in [3.05, 3.63) is 40.7 Å². The lowest BCUT2D eigenvalue weighted by Crippen LogP contribution is -2.04. The number of anilines is 1. The number of thioether (sulfide) groups is 1. The predicted molar refractivity (Wildman–Crippen MR) is 82.9 cm³/mol. The van der Waals surface area contributed by atoms with E-state index < -0.39 is 0 Å². The molecule has 0 saturated heterocycles. The highest BCUT2D eigenvalue weighted by Gasteiger charge is 2.27. The van der Waals surface area contributed by atoms with Crippen molar-refractivity contribution in [1.82, 2.24) is 10.2 Å². The van der Waals surface area contributed by atoms with Crippen LogP contribution in [0.25, 0.3) is 0 Å². The van der Waals surface area contributed by atoms with Gasteiger partial charge in [-0.1, -0.05) is 29.5 Å². The lowest BCUT2D eigenvalue weighted by atomic mass is 10.2. The molecule has 2 aromatic rings. The van der Waals surface area contributed by atoms with Gasteiger partial charge in [0.2, 0.25) is 5.13 Å². The van der Waals surface area contributed by atoms with E-state index in [-0.39, 0.29) is 5.82 Å². The van der Waals surface area contributed by atoms with Crippen LogP contribution in [0.4, 0.5) is 9.52 Å². The van der Waals surface area contributed by atoms with Gasteiger partial charge in [-0.25, -0.2) is 4.39 Å². The molecule has 0 atom stereocenters. The van der Waals surface area contributed by atoms with Crippen LogP contribution in [0.3, 0.4) is 0 Å². The number of halogens is 1. The van der Waals surface area contributed by atoms with Crippen molar-refractivity contribution in [2.75, 3.05) is 17.6 Å². The van der Waals surface area contributed by atoms with E-state index in [2.05, 4.69) is 15.5 Å². The number of hydrogen-bond acceptors (Lipinski definition) is 5. The van der Waals surface area contributed by atoms with Gasteiger partial charge >= 0.3 is 0 Å². The molecule has 0 bridgehead atoms. The van der Waals surface area contributed by atoms with Gasteiger partial charge in [-0.2, -0.15) is 11.8 Å². The normalized spacial score (nSPS) is 14.4. The summed E-state index contributed by atoms with van der Waals surface area (Å²) in [6, 6.07) is 6.94. The zero-order valence-electron chi connectivity index (χ0n) is 11.0. The first-order valence-corrected chi connectivity index (χ1v) is 8.68. The number of nitrogens with one attached hydrogen (secondary N) is 1. The predicted octanol–water partition coefficient (Wildman–Crippen LogP) is 3.90. The number of nitrogens with zero attached hydrogens (tertiary/aromatic N) is 2. The highest BCUT2D eigenvalue weighted by Crippen LogP contribution is 2.41. The van der Waals surface area contributed by atoms with Crippen LogP contribution in [0.15, 0.2) is 24.3 Å². The molecule has 0 amide bonds. The van der Waals surface area contributed by atoms with E-state index in [1.165, 1.54) is 18.9 Å². The van der Waals surface area contributed by atoms with Crippen LogP contribution >= 0.6 is 23.1 Å². The minimum Gasteiger partial charge on any atom is -0.359 e. The molecule has 1 aliphatic rings. The SMILES string of the molecule is Fc1ccccc1CSCCNc1nnc(C2CC2)s1. The third-order valence-corrected chi connectivity index (χ3v) is 5.16. The summed E-state index contributed by atoms with van der Waals surface area (Å²) in [6.07, 6.45) is 2.51. The molecular formula is C14H16FN3S2. The Morgan fingerprint density at radius 2 is 2.15 bits per heavy atom. The van der Waals surface area contributed by atoms with E-state index in [0.717, 1.165) is 28.0 Å². The summed E-state index contributed by atoms with van der Waals surface area (Å²) in [5, 5.41) is 13.7. The van der Waals surface area contributed by atoms with Gasteiger partial charge in [0.1, 0.15) is 10.8 Å². The number of rotatable bonds is 7. The van der Waals surface area contributed by atoms with Gasteiger partial charge in [0.25, 0.3) is 0 Å². The molecule has 3 nitrogen and oxygen atoms in total. The lowest BCUT2D eigenvalue weighted by Gasteiger charge is -2.03. The average molecular weight is 309 g/mol. The summed E-state index contributed by atoms with van der Waals surface area (Å²) in [5.74, 6) is 2.18. The molecule has 6 heteroatoms. The second-order valence-corrected chi connectivity index (χ2v) is 6.90. The Labute approximate surface area is 126 Å². The quantitative estimate of drug-likeness (QED) is 0.787. The maximum atomic E-state index is 13.4. The third kappa shape index (κ3) is 3.70. The zero-order chi connectivity index (χ0) is 13.8. The molecule has 0 aliphatic heterocycles. The Balaban J connectivity index is 1.36. The number of benzene rings is 1. The van der Waals surface area contributed by atoms with Gasteiger partial charge in [-0.3, -0.25) is 0 Å². The third-order valence-electron chi connectivity index (χ3n) is 3.11. The number of hydrogen-bond donors (Lipinski definition) is 1. The fourth-order valence-corrected chi connectivity index (χ4v) is 3.61. The second kappa shape index (κ2) is 6.54. The molecule has 106 valence electrons. The summed E-state index contributed by atoms with van der Waals surface area (Å²) in [4.78, 5) is 0. The van der Waals surface area contributed by atoms with Gasteiger partial charge in [0.05, 0.1) is 0 Å². The van der Waals surface area contributed by atoms with Gasteiger partial charge in [0.15, 0.2) is 0 Å². The van der Waals surface area contributed by atoms with Crippen molar-refractivity contribution in [2.24, 2.45) is 0 Å². The molecule has 1 N–H and O–H groups in total. The molecule has 1 fully saturated rings. The Kier molecular flexibility index (Phi) is 4.52. The summed E-state index contributed by atoms with van der Waals surface area (Å²) in [5.41, 5.74) is 0.768. The fraction of sp³-hybridized carbons (Fsp3) is 0.429. The second-order valence-electron chi connectivity index (χ2n) is 4.79. The van der Waals surface area contributed by atoms with Crippen molar-refractivity contribution in [3.8, 4) is 0 Å². The van der Waals surface area contributed by atoms with Crippen LogP contribution in [-0.4, -0.2) is 22.5 Å². The topological polar surface area (TPSA) is 37.8 Å². The van der Waals surface area contributed by atoms with Crippen LogP contribution in [0, 0.1) is 5.82 Å². The lowest BCUT2D eigenvalue weighted by molar-refractivity contribution is 0.617. The van der Waals surface area contributed by atoms with Crippen molar-refractivity contribution >= 4 is 28.2 Å². The monoisotopic (exact) mass is 309 g/mol. The largest absolute Gasteiger partial charge is 0.359 e. The molecule has 3 rings (SSSR count). The van der Waals surface area contributed by atoms with E-state index in [1.54, 1.807) is 29.2 Å². The van der Waals surface area contributed by atoms with E-state index in [0.29, 0.717) is 11.7 Å². The van der Waals surface area contributed by atoms with Crippen LogP contribution in [0.5, 0.6) is 0 Å². The average Bonchev–Trinajstić information content (AvgIpc) is 3.20. The fourth-order valence-electron chi connectivity index (χ4n) is 1.83. The smallest absolute Gasteiger partial charge is 0.205 e. The van der Waals surface area contributed by atoms with E-state index in [9.17, 15) is 4.39 Å². The van der Waals surface area contributed by atoms with Crippen LogP contribution < -0.4 is 5.32 Å². The Morgan fingerprint density at radius 3 is 2.95 bits per heavy atom. The molecular weight excluding hydrogens is 293 g/mol. The molecule has 0 spiro atoms. The van der Waals surface area contributed by atoms with Crippen LogP contribution in [-0.2, 0) is 5.75 Å². The van der Waals surface area contributed by atoms with Gasteiger partial charge < -0.3 is 5.32 Å². The molecule has 1 aromatic carbocycles. The standard InChI is InChI=1S/C14H16FN3S2/c15-12-4-2-1-3-11(12)9-19-8-7-16-14-18-17-13(20-14)10-5-6-10/h1-4,10H,5-9H2,(H,16,18). The molecule has 1 heterocycles. The Hall–Kier alpha value is -1.14. The first-order valence-electron chi connectivity index (χ1n) is 6.71. The Morgan fingerprint density at radius 1 is 1.30 bits per heavy atom. The highest BCUT2D eigenvalue weighted by atomic mass is 32.2. The van der Waals surface area contributed by atoms with Gasteiger partial charge in [0, 0.05) is 24.0 Å². The minimum absolute atomic E-state index is 0.119. The van der Waals surface area contributed by atoms with Gasteiger partial charge in [-0.15, -0.1) is 10.2 Å². The summed E-state index contributed by atoms with van der Waals surface area (Å²) in [6.45, 7) is 0.832. The van der Waals surface area contributed by atoms with Crippen molar-refractivity contribution < 1.29 is 4.39 Å². The molecule has 1 saturated carbocycles. The van der Waals surface area contributed by atoms with Crippen molar-refractivity contribution in [1.29, 1.82) is 0 Å². The van der Waals surface area contributed by atoms with E-state index in [1.807, 2.05) is 12.1 Å². The molecule has 20 heavy (non-hydrogen) atoms. The maximum Gasteiger partial charge on any atom is 0.205 e. The van der Waals surface area contributed by atoms with Gasteiger partial charge in [-0.05, 0) is 24.5 Å². The Bertz CT molecular complexity index is 569. The number of aromatic nitrogens is 2. The first kappa shape index (κ1) is 13.8. The summed E-state index contributed by atoms with van der Waals surface area (Å²) >= 11 is 3.38. The minimum atomic E-state index is -0.119. The maximum absolute atomic E-state index is 13.4. The molecule has 1 aromatic heterocycles. The zero-order valence-corrected chi connectivity index (χ0v) is 12.6. The first-order chi connectivity index (χ1) is 9.83. The highest BCUT2D eigenvalue weighted by molar-refractivity contribution is 7.98. The van der Waals surface area contributed by atoms with Crippen molar-refractivity contribution in [3.63, 3.8) is 0 Å². The van der Waals surface area contributed by atoms with Crippen LogP contribution in [0.2, 0.25) is 0 Å². The molecule has 0 radical (unpaired) electrons. The summed E-state index contributed by atoms with van der Waals surface area (Å²) in [7, 11) is 0. The molecule has 1 aliphatic carbocycles.